The Hall–Kier alpha value is -0.220. The number of hydrogen-bond acceptors (Lipinski definition) is 0. The summed E-state index contributed by atoms with van der Waals surface area (Å²) >= 11 is 8.76. The molecule has 1 rings (SSSR count). The molecule has 0 aliphatic rings. The van der Waals surface area contributed by atoms with Crippen molar-refractivity contribution in [3.05, 3.63) is 34.1 Å². The first-order valence-electron chi connectivity index (χ1n) is 4.26. The highest BCUT2D eigenvalue weighted by Crippen LogP contribution is 2.34. The quantitative estimate of drug-likeness (QED) is 0.696. The van der Waals surface area contributed by atoms with E-state index in [4.69, 9.17) is 11.6 Å². The van der Waals surface area contributed by atoms with Crippen molar-refractivity contribution < 1.29 is 13.2 Å². The zero-order chi connectivity index (χ0) is 11.6. The molecule has 0 aliphatic heterocycles. The number of alkyl halides is 3. The molecule has 15 heavy (non-hydrogen) atoms. The standard InChI is InChI=1S/C10H9BrClF3/c1-10(14,15)5-8(12)6-2-3-9(13)7(11)4-6/h2-4,8H,5H2,1H3. The van der Waals surface area contributed by atoms with Crippen LogP contribution in [0.25, 0.3) is 0 Å². The molecule has 0 saturated heterocycles. The summed E-state index contributed by atoms with van der Waals surface area (Å²) in [5.41, 5.74) is 0.478. The minimum Gasteiger partial charge on any atom is -0.207 e. The Morgan fingerprint density at radius 2 is 2.07 bits per heavy atom. The Morgan fingerprint density at radius 1 is 1.47 bits per heavy atom. The van der Waals surface area contributed by atoms with E-state index in [1.54, 1.807) is 0 Å². The van der Waals surface area contributed by atoms with Crippen molar-refractivity contribution in [3.8, 4) is 0 Å². The molecule has 0 radical (unpaired) electrons. The first kappa shape index (κ1) is 12.8. The maximum Gasteiger partial charge on any atom is 0.247 e. The normalized spacial score (nSPS) is 14.0. The zero-order valence-corrected chi connectivity index (χ0v) is 10.2. The van der Waals surface area contributed by atoms with Crippen LogP contribution in [0.3, 0.4) is 0 Å². The Labute approximate surface area is 99.6 Å². The molecule has 5 heteroatoms. The Morgan fingerprint density at radius 3 is 2.53 bits per heavy atom. The van der Waals surface area contributed by atoms with Gasteiger partial charge in [0.25, 0.3) is 0 Å². The monoisotopic (exact) mass is 300 g/mol. The van der Waals surface area contributed by atoms with E-state index in [-0.39, 0.29) is 4.47 Å². The summed E-state index contributed by atoms with van der Waals surface area (Å²) in [6, 6.07) is 4.02. The lowest BCUT2D eigenvalue weighted by Crippen LogP contribution is -2.12. The average Bonchev–Trinajstić information content (AvgIpc) is 2.06. The van der Waals surface area contributed by atoms with Gasteiger partial charge < -0.3 is 0 Å². The van der Waals surface area contributed by atoms with Crippen molar-refractivity contribution in [1.82, 2.24) is 0 Å². The van der Waals surface area contributed by atoms with Gasteiger partial charge in [0.15, 0.2) is 0 Å². The number of rotatable bonds is 3. The molecule has 0 N–H and O–H groups in total. The predicted molar refractivity (Wildman–Crippen MR) is 57.9 cm³/mol. The predicted octanol–water partition coefficient (Wildman–Crippen LogP) is 4.91. The summed E-state index contributed by atoms with van der Waals surface area (Å²) in [4.78, 5) is 0. The summed E-state index contributed by atoms with van der Waals surface area (Å²) in [7, 11) is 0. The summed E-state index contributed by atoms with van der Waals surface area (Å²) in [6.07, 6.45) is -0.466. The first-order valence-corrected chi connectivity index (χ1v) is 5.49. The van der Waals surface area contributed by atoms with E-state index in [1.165, 1.54) is 18.2 Å². The highest BCUT2D eigenvalue weighted by molar-refractivity contribution is 9.10. The molecule has 0 amide bonds. The number of benzene rings is 1. The second-order valence-electron chi connectivity index (χ2n) is 3.42. The molecular weight excluding hydrogens is 292 g/mol. The van der Waals surface area contributed by atoms with Crippen LogP contribution in [0, 0.1) is 5.82 Å². The fourth-order valence-electron chi connectivity index (χ4n) is 1.14. The molecule has 0 aromatic heterocycles. The van der Waals surface area contributed by atoms with Gasteiger partial charge in [-0.2, -0.15) is 0 Å². The van der Waals surface area contributed by atoms with Crippen molar-refractivity contribution in [3.63, 3.8) is 0 Å². The molecule has 1 aromatic carbocycles. The van der Waals surface area contributed by atoms with Crippen LogP contribution in [0.4, 0.5) is 13.2 Å². The lowest BCUT2D eigenvalue weighted by Gasteiger charge is -2.15. The van der Waals surface area contributed by atoms with Crippen LogP contribution in [0.1, 0.15) is 24.3 Å². The van der Waals surface area contributed by atoms with Gasteiger partial charge in [-0.15, -0.1) is 11.6 Å². The SMILES string of the molecule is CC(F)(F)CC(Cl)c1ccc(F)c(Br)c1. The van der Waals surface area contributed by atoms with Crippen LogP contribution in [0.15, 0.2) is 22.7 Å². The highest BCUT2D eigenvalue weighted by atomic mass is 79.9. The summed E-state index contributed by atoms with van der Waals surface area (Å²) in [5.74, 6) is -3.27. The third-order valence-electron chi connectivity index (χ3n) is 1.84. The summed E-state index contributed by atoms with van der Waals surface area (Å²) < 4.78 is 38.4. The van der Waals surface area contributed by atoms with E-state index in [0.717, 1.165) is 6.92 Å². The van der Waals surface area contributed by atoms with Crippen molar-refractivity contribution in [2.24, 2.45) is 0 Å². The Balaban J connectivity index is 2.83. The van der Waals surface area contributed by atoms with Gasteiger partial charge in [-0.1, -0.05) is 6.07 Å². The van der Waals surface area contributed by atoms with Gasteiger partial charge in [-0.3, -0.25) is 0 Å². The van der Waals surface area contributed by atoms with Crippen LogP contribution in [-0.2, 0) is 0 Å². The molecule has 1 atom stereocenters. The molecule has 0 fully saturated rings. The molecule has 0 heterocycles. The second-order valence-corrected chi connectivity index (χ2v) is 4.80. The van der Waals surface area contributed by atoms with Gasteiger partial charge in [0.05, 0.1) is 9.85 Å². The van der Waals surface area contributed by atoms with Crippen molar-refractivity contribution in [1.29, 1.82) is 0 Å². The largest absolute Gasteiger partial charge is 0.247 e. The van der Waals surface area contributed by atoms with Gasteiger partial charge in [-0.05, 0) is 40.5 Å². The first-order chi connectivity index (χ1) is 6.79. The molecule has 0 nitrogen and oxygen atoms in total. The second kappa shape index (κ2) is 4.74. The Kier molecular flexibility index (Phi) is 4.06. The third kappa shape index (κ3) is 4.03. The minimum absolute atomic E-state index is 0.227. The van der Waals surface area contributed by atoms with Crippen LogP contribution >= 0.6 is 27.5 Å². The van der Waals surface area contributed by atoms with Crippen LogP contribution in [-0.4, -0.2) is 5.92 Å². The maximum atomic E-state index is 12.9. The highest BCUT2D eigenvalue weighted by Gasteiger charge is 2.26. The lowest BCUT2D eigenvalue weighted by atomic mass is 10.1. The van der Waals surface area contributed by atoms with E-state index in [9.17, 15) is 13.2 Å². The maximum absolute atomic E-state index is 12.9. The van der Waals surface area contributed by atoms with E-state index >= 15 is 0 Å². The number of hydrogen-bond donors (Lipinski definition) is 0. The summed E-state index contributed by atoms with van der Waals surface area (Å²) in [5, 5.41) is -0.818. The van der Waals surface area contributed by atoms with E-state index < -0.39 is 23.5 Å². The van der Waals surface area contributed by atoms with Crippen molar-refractivity contribution in [2.45, 2.75) is 24.6 Å². The topological polar surface area (TPSA) is 0 Å². The molecular formula is C10H9BrClF3. The fraction of sp³-hybridized carbons (Fsp3) is 0.400. The number of halogens is 5. The van der Waals surface area contributed by atoms with Gasteiger partial charge in [-0.25, -0.2) is 13.2 Å². The van der Waals surface area contributed by atoms with Gasteiger partial charge in [0, 0.05) is 6.42 Å². The smallest absolute Gasteiger partial charge is 0.207 e. The fourth-order valence-corrected chi connectivity index (χ4v) is 1.94. The third-order valence-corrected chi connectivity index (χ3v) is 2.86. The molecule has 1 aromatic rings. The van der Waals surface area contributed by atoms with Crippen LogP contribution in [0.5, 0.6) is 0 Å². The zero-order valence-electron chi connectivity index (χ0n) is 7.91. The minimum atomic E-state index is -2.83. The summed E-state index contributed by atoms with van der Waals surface area (Å²) in [6.45, 7) is 0.806. The van der Waals surface area contributed by atoms with Crippen LogP contribution in [0.2, 0.25) is 0 Å². The van der Waals surface area contributed by atoms with E-state index in [0.29, 0.717) is 5.56 Å². The molecule has 0 saturated carbocycles. The molecule has 0 bridgehead atoms. The van der Waals surface area contributed by atoms with E-state index in [1.807, 2.05) is 0 Å². The van der Waals surface area contributed by atoms with Crippen molar-refractivity contribution in [2.75, 3.05) is 0 Å². The van der Waals surface area contributed by atoms with Crippen molar-refractivity contribution >= 4 is 27.5 Å². The Bertz CT molecular complexity index is 349. The molecule has 0 spiro atoms. The average molecular weight is 302 g/mol. The molecule has 0 aliphatic carbocycles. The van der Waals surface area contributed by atoms with Gasteiger partial charge in [0.1, 0.15) is 5.82 Å². The van der Waals surface area contributed by atoms with Crippen LogP contribution < -0.4 is 0 Å². The van der Waals surface area contributed by atoms with Gasteiger partial charge in [0.2, 0.25) is 5.92 Å². The molecule has 1 unspecified atom stereocenters. The lowest BCUT2D eigenvalue weighted by molar-refractivity contribution is 0.0120. The van der Waals surface area contributed by atoms with Gasteiger partial charge >= 0.3 is 0 Å². The molecule has 84 valence electrons. The van der Waals surface area contributed by atoms with E-state index in [2.05, 4.69) is 15.9 Å².